The van der Waals surface area contributed by atoms with Crippen molar-refractivity contribution in [3.8, 4) is 0 Å². The number of nitrogens with zero attached hydrogens (tertiary/aromatic N) is 2. The van der Waals surface area contributed by atoms with Crippen LogP contribution in [0.1, 0.15) is 42.5 Å². The Kier molecular flexibility index (Phi) is 5.16. The Bertz CT molecular complexity index is 761. The van der Waals surface area contributed by atoms with E-state index in [-0.39, 0.29) is 29.1 Å². The monoisotopic (exact) mass is 350 g/mol. The fourth-order valence-corrected chi connectivity index (χ4v) is 2.77. The number of carbonyl (C=O) groups excluding carboxylic acids is 1. The Morgan fingerprint density at radius 1 is 1.00 bits per heavy atom. The second kappa shape index (κ2) is 7.50. The van der Waals surface area contributed by atoms with E-state index >= 15 is 0 Å². The summed E-state index contributed by atoms with van der Waals surface area (Å²) in [6, 6.07) is 2.00. The molecule has 2 aromatic rings. The lowest BCUT2D eigenvalue weighted by Gasteiger charge is -2.22. The molecule has 0 bridgehead atoms. The highest BCUT2D eigenvalue weighted by Crippen LogP contribution is 2.22. The van der Waals surface area contributed by atoms with Gasteiger partial charge < -0.3 is 10.6 Å². The molecule has 2 N–H and O–H groups in total. The van der Waals surface area contributed by atoms with Crippen LogP contribution >= 0.6 is 0 Å². The Morgan fingerprint density at radius 3 is 2.36 bits per heavy atom. The number of anilines is 2. The lowest BCUT2D eigenvalue weighted by atomic mass is 9.95. The number of rotatable bonds is 4. The van der Waals surface area contributed by atoms with E-state index in [1.54, 1.807) is 0 Å². The minimum Gasteiger partial charge on any atom is -0.349 e. The van der Waals surface area contributed by atoms with Crippen molar-refractivity contribution in [1.29, 1.82) is 0 Å². The summed E-state index contributed by atoms with van der Waals surface area (Å²) in [6.45, 7) is 0. The summed E-state index contributed by atoms with van der Waals surface area (Å²) in [5.74, 6) is -4.51. The van der Waals surface area contributed by atoms with E-state index in [9.17, 15) is 18.0 Å². The van der Waals surface area contributed by atoms with Crippen LogP contribution in [0.2, 0.25) is 0 Å². The number of carbonyl (C=O) groups is 1. The van der Waals surface area contributed by atoms with E-state index in [1.165, 1.54) is 18.8 Å². The Balaban J connectivity index is 1.66. The molecule has 1 aliphatic rings. The number of amides is 1. The zero-order valence-electron chi connectivity index (χ0n) is 13.4. The standard InChI is InChI=1S/C17H17F3N4O/c18-12-6-7-13(15(20)14(12)19)24-17-21-8-10(9-22-17)16(25)23-11-4-2-1-3-5-11/h6-9,11H,1-5H2,(H,23,25)(H,21,22,24). The van der Waals surface area contributed by atoms with Crippen molar-refractivity contribution in [3.63, 3.8) is 0 Å². The van der Waals surface area contributed by atoms with Gasteiger partial charge >= 0.3 is 0 Å². The van der Waals surface area contributed by atoms with Crippen LogP contribution in [0.4, 0.5) is 24.8 Å². The van der Waals surface area contributed by atoms with Gasteiger partial charge in [-0.1, -0.05) is 19.3 Å². The maximum Gasteiger partial charge on any atom is 0.254 e. The second-order valence-electron chi connectivity index (χ2n) is 5.95. The largest absolute Gasteiger partial charge is 0.349 e. The quantitative estimate of drug-likeness (QED) is 0.825. The molecule has 1 aliphatic carbocycles. The van der Waals surface area contributed by atoms with E-state index in [0.717, 1.165) is 37.8 Å². The van der Waals surface area contributed by atoms with E-state index in [1.807, 2.05) is 0 Å². The van der Waals surface area contributed by atoms with Gasteiger partial charge in [0.1, 0.15) is 0 Å². The molecule has 1 amide bonds. The number of benzene rings is 1. The molecule has 0 saturated heterocycles. The topological polar surface area (TPSA) is 66.9 Å². The highest BCUT2D eigenvalue weighted by atomic mass is 19.2. The van der Waals surface area contributed by atoms with Gasteiger partial charge in [0, 0.05) is 18.4 Å². The van der Waals surface area contributed by atoms with Gasteiger partial charge in [0.2, 0.25) is 5.95 Å². The maximum absolute atomic E-state index is 13.6. The first-order valence-corrected chi connectivity index (χ1v) is 8.08. The highest BCUT2D eigenvalue weighted by Gasteiger charge is 2.18. The number of hydrogen-bond donors (Lipinski definition) is 2. The van der Waals surface area contributed by atoms with Crippen LogP contribution in [0, 0.1) is 17.5 Å². The molecule has 1 heterocycles. The number of halogens is 3. The van der Waals surface area contributed by atoms with Crippen LogP contribution < -0.4 is 10.6 Å². The average Bonchev–Trinajstić information content (AvgIpc) is 2.63. The van der Waals surface area contributed by atoms with Gasteiger partial charge in [0.25, 0.3) is 5.91 Å². The second-order valence-corrected chi connectivity index (χ2v) is 5.95. The minimum atomic E-state index is -1.58. The van der Waals surface area contributed by atoms with Crippen molar-refractivity contribution < 1.29 is 18.0 Å². The normalized spacial score (nSPS) is 15.0. The van der Waals surface area contributed by atoms with Gasteiger partial charge in [0.15, 0.2) is 17.5 Å². The lowest BCUT2D eigenvalue weighted by Crippen LogP contribution is -2.36. The summed E-state index contributed by atoms with van der Waals surface area (Å²) in [5, 5.41) is 5.39. The number of nitrogens with one attached hydrogen (secondary N) is 2. The molecule has 132 valence electrons. The first-order chi connectivity index (χ1) is 12.0. The van der Waals surface area contributed by atoms with E-state index < -0.39 is 17.5 Å². The average molecular weight is 350 g/mol. The van der Waals surface area contributed by atoms with Crippen molar-refractivity contribution in [3.05, 3.63) is 47.5 Å². The molecule has 25 heavy (non-hydrogen) atoms. The van der Waals surface area contributed by atoms with Crippen LogP contribution in [0.3, 0.4) is 0 Å². The smallest absolute Gasteiger partial charge is 0.254 e. The molecule has 1 aromatic carbocycles. The zero-order valence-corrected chi connectivity index (χ0v) is 13.4. The van der Waals surface area contributed by atoms with Crippen molar-refractivity contribution in [1.82, 2.24) is 15.3 Å². The third-order valence-corrected chi connectivity index (χ3v) is 4.14. The number of hydrogen-bond acceptors (Lipinski definition) is 4. The molecule has 0 aliphatic heterocycles. The highest BCUT2D eigenvalue weighted by molar-refractivity contribution is 5.93. The van der Waals surface area contributed by atoms with E-state index in [2.05, 4.69) is 20.6 Å². The van der Waals surface area contributed by atoms with Gasteiger partial charge in [-0.25, -0.2) is 23.1 Å². The molecule has 1 aromatic heterocycles. The van der Waals surface area contributed by atoms with Crippen molar-refractivity contribution >= 4 is 17.5 Å². The van der Waals surface area contributed by atoms with Crippen LogP contribution in [-0.4, -0.2) is 21.9 Å². The molecule has 1 fully saturated rings. The van der Waals surface area contributed by atoms with Gasteiger partial charge in [-0.05, 0) is 25.0 Å². The Labute approximate surface area is 142 Å². The van der Waals surface area contributed by atoms with Crippen molar-refractivity contribution in [2.24, 2.45) is 0 Å². The summed E-state index contributed by atoms with van der Waals surface area (Å²) in [4.78, 5) is 20.0. The molecular formula is C17H17F3N4O. The minimum absolute atomic E-state index is 0.0286. The Hall–Kier alpha value is -2.64. The molecular weight excluding hydrogens is 333 g/mol. The molecule has 5 nitrogen and oxygen atoms in total. The van der Waals surface area contributed by atoms with Gasteiger partial charge in [-0.3, -0.25) is 4.79 Å². The fourth-order valence-electron chi connectivity index (χ4n) is 2.77. The molecule has 1 saturated carbocycles. The Morgan fingerprint density at radius 2 is 1.68 bits per heavy atom. The van der Waals surface area contributed by atoms with Gasteiger partial charge in [-0.2, -0.15) is 0 Å². The van der Waals surface area contributed by atoms with Gasteiger partial charge in [0.05, 0.1) is 11.3 Å². The summed E-state index contributed by atoms with van der Waals surface area (Å²) in [5.41, 5.74) is -0.0137. The van der Waals surface area contributed by atoms with E-state index in [4.69, 9.17) is 0 Å². The maximum atomic E-state index is 13.6. The van der Waals surface area contributed by atoms with Crippen LogP contribution in [0.25, 0.3) is 0 Å². The third kappa shape index (κ3) is 4.07. The summed E-state index contributed by atoms with van der Waals surface area (Å²) >= 11 is 0. The predicted molar refractivity (Wildman–Crippen MR) is 86.0 cm³/mol. The molecule has 0 unspecified atom stereocenters. The summed E-state index contributed by atoms with van der Waals surface area (Å²) < 4.78 is 39.7. The lowest BCUT2D eigenvalue weighted by molar-refractivity contribution is 0.0927. The molecule has 0 radical (unpaired) electrons. The predicted octanol–water partition coefficient (Wildman–Crippen LogP) is 3.70. The molecule has 8 heteroatoms. The van der Waals surface area contributed by atoms with Crippen LogP contribution in [-0.2, 0) is 0 Å². The third-order valence-electron chi connectivity index (χ3n) is 4.14. The first kappa shape index (κ1) is 17.2. The molecule has 0 spiro atoms. The first-order valence-electron chi connectivity index (χ1n) is 8.08. The van der Waals surface area contributed by atoms with Gasteiger partial charge in [-0.15, -0.1) is 0 Å². The van der Waals surface area contributed by atoms with E-state index in [0.29, 0.717) is 0 Å². The van der Waals surface area contributed by atoms with Crippen LogP contribution in [0.5, 0.6) is 0 Å². The zero-order chi connectivity index (χ0) is 17.8. The summed E-state index contributed by atoms with van der Waals surface area (Å²) in [6.07, 6.45) is 7.91. The number of aromatic nitrogens is 2. The van der Waals surface area contributed by atoms with Crippen molar-refractivity contribution in [2.45, 2.75) is 38.1 Å². The fraction of sp³-hybridized carbons (Fsp3) is 0.353. The molecule has 3 rings (SSSR count). The van der Waals surface area contributed by atoms with Crippen LogP contribution in [0.15, 0.2) is 24.5 Å². The summed E-state index contributed by atoms with van der Waals surface area (Å²) in [7, 11) is 0. The molecule has 0 atom stereocenters. The van der Waals surface area contributed by atoms with Crippen molar-refractivity contribution in [2.75, 3.05) is 5.32 Å². The SMILES string of the molecule is O=C(NC1CCCCC1)c1cnc(Nc2ccc(F)c(F)c2F)nc1.